The lowest BCUT2D eigenvalue weighted by Crippen LogP contribution is -2.15. The molecule has 0 fully saturated rings. The van der Waals surface area contributed by atoms with Crippen LogP contribution in [0.1, 0.15) is 6.92 Å². The molecular weight excluding hydrogens is 253 g/mol. The van der Waals surface area contributed by atoms with Crippen LogP contribution in [0.5, 0.6) is 0 Å². The third kappa shape index (κ3) is 3.18. The number of aliphatic hydroxyl groups excluding tert-OH is 1. The molecule has 0 radical (unpaired) electrons. The summed E-state index contributed by atoms with van der Waals surface area (Å²) in [4.78, 5) is 0. The highest BCUT2D eigenvalue weighted by molar-refractivity contribution is 9.10. The van der Waals surface area contributed by atoms with Crippen molar-refractivity contribution in [1.82, 2.24) is 0 Å². The molecule has 2 N–H and O–H groups in total. The Bertz CT molecular complexity index is 291. The molecule has 0 saturated carbocycles. The van der Waals surface area contributed by atoms with Crippen LogP contribution in [0.25, 0.3) is 0 Å². The number of hydrogen-bond donors (Lipinski definition) is 2. The third-order valence-electron chi connectivity index (χ3n) is 1.54. The maximum atomic E-state index is 9.06. The highest BCUT2D eigenvalue weighted by atomic mass is 79.9. The lowest BCUT2D eigenvalue weighted by molar-refractivity contribution is 0.208. The van der Waals surface area contributed by atoms with Gasteiger partial charge in [-0.1, -0.05) is 17.7 Å². The molecule has 0 amide bonds. The van der Waals surface area contributed by atoms with Gasteiger partial charge in [0, 0.05) is 6.54 Å². The van der Waals surface area contributed by atoms with Gasteiger partial charge in [-0.25, -0.2) is 0 Å². The van der Waals surface area contributed by atoms with E-state index in [0.717, 1.165) is 10.2 Å². The van der Waals surface area contributed by atoms with E-state index in [0.29, 0.717) is 11.6 Å². The monoisotopic (exact) mass is 263 g/mol. The van der Waals surface area contributed by atoms with Crippen molar-refractivity contribution in [2.24, 2.45) is 0 Å². The van der Waals surface area contributed by atoms with Gasteiger partial charge in [0.2, 0.25) is 0 Å². The Labute approximate surface area is 91.0 Å². The first-order valence-corrected chi connectivity index (χ1v) is 5.14. The fourth-order valence-corrected chi connectivity index (χ4v) is 1.48. The molecule has 0 saturated heterocycles. The summed E-state index contributed by atoms with van der Waals surface area (Å²) in [6.07, 6.45) is -0.370. The number of halogens is 2. The third-order valence-corrected chi connectivity index (χ3v) is 2.94. The largest absolute Gasteiger partial charge is 0.392 e. The Hall–Kier alpha value is -0.250. The van der Waals surface area contributed by atoms with E-state index >= 15 is 0 Å². The zero-order chi connectivity index (χ0) is 9.84. The molecule has 1 unspecified atom stereocenters. The maximum absolute atomic E-state index is 9.06. The van der Waals surface area contributed by atoms with Gasteiger partial charge in [-0.15, -0.1) is 0 Å². The van der Waals surface area contributed by atoms with Crippen LogP contribution >= 0.6 is 27.5 Å². The summed E-state index contributed by atoms with van der Waals surface area (Å²) in [5.74, 6) is 0. The van der Waals surface area contributed by atoms with E-state index in [1.807, 2.05) is 12.1 Å². The minimum Gasteiger partial charge on any atom is -0.392 e. The van der Waals surface area contributed by atoms with Crippen molar-refractivity contribution in [2.75, 3.05) is 11.9 Å². The normalized spacial score (nSPS) is 12.6. The highest BCUT2D eigenvalue weighted by Crippen LogP contribution is 2.29. The topological polar surface area (TPSA) is 32.3 Å². The Morgan fingerprint density at radius 1 is 1.62 bits per heavy atom. The molecule has 2 nitrogen and oxygen atoms in total. The summed E-state index contributed by atoms with van der Waals surface area (Å²) in [6, 6.07) is 5.56. The number of rotatable bonds is 3. The molecule has 0 spiro atoms. The molecule has 0 aromatic heterocycles. The van der Waals surface area contributed by atoms with E-state index in [9.17, 15) is 0 Å². The van der Waals surface area contributed by atoms with Gasteiger partial charge in [-0.2, -0.15) is 0 Å². The number of hydrogen-bond acceptors (Lipinski definition) is 2. The smallest absolute Gasteiger partial charge is 0.0684 e. The molecular formula is C9H11BrClNO. The number of aliphatic hydroxyl groups is 1. The van der Waals surface area contributed by atoms with E-state index < -0.39 is 0 Å². The summed E-state index contributed by atoms with van der Waals surface area (Å²) < 4.78 is 0.831. The average molecular weight is 265 g/mol. The lowest BCUT2D eigenvalue weighted by Gasteiger charge is -2.10. The van der Waals surface area contributed by atoms with Crippen molar-refractivity contribution in [2.45, 2.75) is 13.0 Å². The van der Waals surface area contributed by atoms with Crippen LogP contribution in [0.2, 0.25) is 5.02 Å². The van der Waals surface area contributed by atoms with Crippen molar-refractivity contribution < 1.29 is 5.11 Å². The van der Waals surface area contributed by atoms with Crippen LogP contribution in [0, 0.1) is 0 Å². The predicted octanol–water partition coefficient (Wildman–Crippen LogP) is 2.90. The van der Waals surface area contributed by atoms with E-state index in [2.05, 4.69) is 21.2 Å². The van der Waals surface area contributed by atoms with Crippen molar-refractivity contribution in [3.05, 3.63) is 27.7 Å². The summed E-state index contributed by atoms with van der Waals surface area (Å²) in [6.45, 7) is 2.24. The molecule has 1 aromatic rings. The minimum absolute atomic E-state index is 0.370. The van der Waals surface area contributed by atoms with E-state index in [1.165, 1.54) is 0 Å². The van der Waals surface area contributed by atoms with Crippen molar-refractivity contribution >= 4 is 33.2 Å². The van der Waals surface area contributed by atoms with E-state index in [-0.39, 0.29) is 6.10 Å². The van der Waals surface area contributed by atoms with Gasteiger partial charge in [-0.05, 0) is 35.0 Å². The quantitative estimate of drug-likeness (QED) is 0.880. The Morgan fingerprint density at radius 2 is 2.31 bits per heavy atom. The maximum Gasteiger partial charge on any atom is 0.0684 e. The molecule has 0 aliphatic heterocycles. The predicted molar refractivity (Wildman–Crippen MR) is 59.3 cm³/mol. The van der Waals surface area contributed by atoms with Gasteiger partial charge in [0.1, 0.15) is 0 Å². The molecule has 1 aromatic carbocycles. The SMILES string of the molecule is CC(O)CNc1cccc(Cl)c1Br. The van der Waals surface area contributed by atoms with Crippen molar-refractivity contribution in [3.63, 3.8) is 0 Å². The Morgan fingerprint density at radius 3 is 2.92 bits per heavy atom. The average Bonchev–Trinajstić information content (AvgIpc) is 2.07. The van der Waals surface area contributed by atoms with Crippen molar-refractivity contribution in [1.29, 1.82) is 0 Å². The second-order valence-corrected chi connectivity index (χ2v) is 4.03. The van der Waals surface area contributed by atoms with E-state index in [1.54, 1.807) is 13.0 Å². The lowest BCUT2D eigenvalue weighted by atomic mass is 10.3. The van der Waals surface area contributed by atoms with Gasteiger partial charge >= 0.3 is 0 Å². The highest BCUT2D eigenvalue weighted by Gasteiger charge is 2.03. The molecule has 0 bridgehead atoms. The van der Waals surface area contributed by atoms with Crippen LogP contribution in [-0.4, -0.2) is 17.8 Å². The van der Waals surface area contributed by atoms with Gasteiger partial charge in [0.25, 0.3) is 0 Å². The standard InChI is InChI=1S/C9H11BrClNO/c1-6(13)5-12-8-4-2-3-7(11)9(8)10/h2-4,6,12-13H,5H2,1H3. The first-order valence-electron chi connectivity index (χ1n) is 3.97. The van der Waals surface area contributed by atoms with Gasteiger partial charge in [-0.3, -0.25) is 0 Å². The molecule has 0 heterocycles. The first kappa shape index (κ1) is 10.8. The van der Waals surface area contributed by atoms with Crippen molar-refractivity contribution in [3.8, 4) is 0 Å². The Balaban J connectivity index is 2.71. The fraction of sp³-hybridized carbons (Fsp3) is 0.333. The molecule has 0 aliphatic carbocycles. The van der Waals surface area contributed by atoms with Crippen LogP contribution < -0.4 is 5.32 Å². The zero-order valence-corrected chi connectivity index (χ0v) is 9.56. The summed E-state index contributed by atoms with van der Waals surface area (Å²) in [5, 5.41) is 12.8. The second kappa shape index (κ2) is 4.84. The number of anilines is 1. The van der Waals surface area contributed by atoms with Crippen LogP contribution in [0.15, 0.2) is 22.7 Å². The molecule has 1 atom stereocenters. The molecule has 1 rings (SSSR count). The second-order valence-electron chi connectivity index (χ2n) is 2.83. The first-order chi connectivity index (χ1) is 6.11. The summed E-state index contributed by atoms with van der Waals surface area (Å²) in [7, 11) is 0. The van der Waals surface area contributed by atoms with Crippen LogP contribution in [0.3, 0.4) is 0 Å². The number of nitrogens with one attached hydrogen (secondary N) is 1. The van der Waals surface area contributed by atoms with E-state index in [4.69, 9.17) is 16.7 Å². The molecule has 72 valence electrons. The van der Waals surface area contributed by atoms with Crippen LogP contribution in [-0.2, 0) is 0 Å². The molecule has 13 heavy (non-hydrogen) atoms. The summed E-state index contributed by atoms with van der Waals surface area (Å²) >= 11 is 9.23. The van der Waals surface area contributed by atoms with Crippen LogP contribution in [0.4, 0.5) is 5.69 Å². The minimum atomic E-state index is -0.370. The van der Waals surface area contributed by atoms with Gasteiger partial charge < -0.3 is 10.4 Å². The molecule has 0 aliphatic rings. The van der Waals surface area contributed by atoms with Gasteiger partial charge in [0.05, 0.1) is 21.3 Å². The zero-order valence-electron chi connectivity index (χ0n) is 7.22. The van der Waals surface area contributed by atoms with Gasteiger partial charge in [0.15, 0.2) is 0 Å². The fourth-order valence-electron chi connectivity index (χ4n) is 0.898. The molecule has 4 heteroatoms. The number of benzene rings is 1. The Kier molecular flexibility index (Phi) is 4.03. The summed E-state index contributed by atoms with van der Waals surface area (Å²) in [5.41, 5.74) is 0.897.